The molecular formula is C37H69N3O16S. The molecule has 0 saturated carbocycles. The first-order valence-electron chi connectivity index (χ1n) is 20.2. The third-order valence-corrected chi connectivity index (χ3v) is 9.71. The lowest BCUT2D eigenvalue weighted by atomic mass is 10.0. The molecule has 2 fully saturated rings. The summed E-state index contributed by atoms with van der Waals surface area (Å²) >= 11 is 1.90. The Labute approximate surface area is 341 Å². The molecular weight excluding hydrogens is 774 g/mol. The van der Waals surface area contributed by atoms with Crippen LogP contribution in [0.5, 0.6) is 0 Å². The van der Waals surface area contributed by atoms with Gasteiger partial charge in [-0.15, -0.1) is 0 Å². The van der Waals surface area contributed by atoms with E-state index in [1.807, 2.05) is 11.8 Å². The molecule has 57 heavy (non-hydrogen) atoms. The zero-order valence-electron chi connectivity index (χ0n) is 33.6. The number of carboxylic acids is 1. The molecule has 4 N–H and O–H groups in total. The molecule has 2 aliphatic heterocycles. The first-order valence-corrected chi connectivity index (χ1v) is 21.2. The summed E-state index contributed by atoms with van der Waals surface area (Å²) in [4.78, 5) is 33.9. The Bertz CT molecular complexity index is 978. The van der Waals surface area contributed by atoms with E-state index >= 15 is 0 Å². The van der Waals surface area contributed by atoms with Gasteiger partial charge >= 0.3 is 12.0 Å². The monoisotopic (exact) mass is 843 g/mol. The smallest absolute Gasteiger partial charge is 0.315 e. The lowest BCUT2D eigenvalue weighted by Gasteiger charge is -2.16. The number of carbonyl (C=O) groups excluding carboxylic acids is 2. The molecule has 3 atom stereocenters. The van der Waals surface area contributed by atoms with Gasteiger partial charge in [-0.1, -0.05) is 6.42 Å². The Kier molecular flexibility index (Phi) is 34.4. The van der Waals surface area contributed by atoms with Crippen LogP contribution in [0.1, 0.15) is 32.1 Å². The minimum atomic E-state index is -0.878. The van der Waals surface area contributed by atoms with E-state index in [1.165, 1.54) is 0 Å². The number of nitrogens with one attached hydrogen (secondary N) is 3. The van der Waals surface area contributed by atoms with E-state index in [9.17, 15) is 14.4 Å². The van der Waals surface area contributed by atoms with Crippen molar-refractivity contribution in [3.05, 3.63) is 0 Å². The molecule has 0 aromatic rings. The van der Waals surface area contributed by atoms with Crippen LogP contribution in [0.15, 0.2) is 0 Å². The molecule has 0 aromatic heterocycles. The Hall–Kier alpha value is -1.92. The van der Waals surface area contributed by atoms with Crippen LogP contribution in [0, 0.1) is 0 Å². The predicted molar refractivity (Wildman–Crippen MR) is 209 cm³/mol. The second-order valence-corrected chi connectivity index (χ2v) is 14.0. The summed E-state index contributed by atoms with van der Waals surface area (Å²) in [7, 11) is 0. The van der Waals surface area contributed by atoms with Crippen molar-refractivity contribution in [3.63, 3.8) is 0 Å². The third kappa shape index (κ3) is 31.6. The minimum absolute atomic E-state index is 0.00775. The van der Waals surface area contributed by atoms with Crippen LogP contribution in [0.25, 0.3) is 0 Å². The second-order valence-electron chi connectivity index (χ2n) is 12.7. The summed E-state index contributed by atoms with van der Waals surface area (Å²) in [5.41, 5.74) is 0. The van der Waals surface area contributed by atoms with Crippen LogP contribution >= 0.6 is 11.8 Å². The number of ether oxygens (including phenoxy) is 12. The van der Waals surface area contributed by atoms with E-state index in [2.05, 4.69) is 16.0 Å². The molecule has 20 heteroatoms. The van der Waals surface area contributed by atoms with E-state index in [1.54, 1.807) is 0 Å². The summed E-state index contributed by atoms with van der Waals surface area (Å²) in [5.74, 6) is 0.115. The largest absolute Gasteiger partial charge is 0.481 e. The lowest BCUT2D eigenvalue weighted by molar-refractivity contribution is -0.138. The highest BCUT2D eigenvalue weighted by atomic mass is 32.2. The Morgan fingerprint density at radius 1 is 0.526 bits per heavy atom. The molecule has 0 bridgehead atoms. The van der Waals surface area contributed by atoms with Crippen LogP contribution in [0.4, 0.5) is 4.79 Å². The first kappa shape index (κ1) is 51.2. The van der Waals surface area contributed by atoms with E-state index < -0.39 is 5.97 Å². The van der Waals surface area contributed by atoms with Crippen molar-refractivity contribution in [2.24, 2.45) is 0 Å². The molecule has 2 heterocycles. The molecule has 0 aliphatic carbocycles. The second kappa shape index (κ2) is 38.3. The average Bonchev–Trinajstić information content (AvgIpc) is 3.76. The van der Waals surface area contributed by atoms with Crippen molar-refractivity contribution in [2.45, 2.75) is 49.4 Å². The van der Waals surface area contributed by atoms with Gasteiger partial charge in [-0.05, 0) is 12.8 Å². The Morgan fingerprint density at radius 2 is 0.895 bits per heavy atom. The maximum atomic E-state index is 12.0. The molecule has 2 aliphatic rings. The SMILES string of the molecule is O=C(O)CCOCCOCCOCCOCCOCCOCCOCCOCCOCCOCCOCCOCCNC(=O)CCCC[C@@H]1SC[C@@H]2NC(=O)N[C@H]21. The number of carbonyl (C=O) groups is 3. The average molecular weight is 844 g/mol. The van der Waals surface area contributed by atoms with Crippen LogP contribution in [0.2, 0.25) is 0 Å². The highest BCUT2D eigenvalue weighted by Gasteiger charge is 2.42. The number of hydrogen-bond donors (Lipinski definition) is 4. The van der Waals surface area contributed by atoms with Gasteiger partial charge in [-0.2, -0.15) is 11.8 Å². The quantitative estimate of drug-likeness (QED) is 0.0485. The number of carboxylic acid groups (broad SMARTS) is 1. The fraction of sp³-hybridized carbons (Fsp3) is 0.919. The highest BCUT2D eigenvalue weighted by molar-refractivity contribution is 8.00. The molecule has 0 unspecified atom stereocenters. The van der Waals surface area contributed by atoms with Gasteiger partial charge in [0.2, 0.25) is 5.91 Å². The molecule has 2 rings (SSSR count). The van der Waals surface area contributed by atoms with Crippen molar-refractivity contribution in [1.29, 1.82) is 0 Å². The molecule has 0 radical (unpaired) electrons. The maximum Gasteiger partial charge on any atom is 0.315 e. The standard InChI is InChI=1S/C37H69N3O16S/c41-34(4-2-1-3-33-36-32(31-57-33)39-37(44)40-36)38-6-8-46-10-12-48-14-16-50-18-20-52-22-24-54-26-28-56-30-29-55-27-25-53-23-21-51-19-17-49-15-13-47-11-9-45-7-5-35(42)43/h32-33,36H,1-31H2,(H,38,41)(H,42,43)(H2,39,40,44)/t32-,33-,36+/m0/s1. The fourth-order valence-corrected chi connectivity index (χ4v) is 6.85. The number of hydrogen-bond acceptors (Lipinski definition) is 16. The summed E-state index contributed by atoms with van der Waals surface area (Å²) in [6, 6.07) is 0.395. The van der Waals surface area contributed by atoms with Gasteiger partial charge in [-0.25, -0.2) is 4.79 Å². The van der Waals surface area contributed by atoms with Gasteiger partial charge < -0.3 is 77.9 Å². The third-order valence-electron chi connectivity index (χ3n) is 8.20. The minimum Gasteiger partial charge on any atom is -0.481 e. The Balaban J connectivity index is 1.14. The number of amides is 3. The topological polar surface area (TPSA) is 218 Å². The lowest BCUT2D eigenvalue weighted by Crippen LogP contribution is -2.36. The summed E-state index contributed by atoms with van der Waals surface area (Å²) in [6.45, 7) is 11.3. The highest BCUT2D eigenvalue weighted by Crippen LogP contribution is 2.33. The number of fused-ring (bicyclic) bond motifs is 1. The van der Waals surface area contributed by atoms with Gasteiger partial charge in [0.25, 0.3) is 0 Å². The van der Waals surface area contributed by atoms with E-state index in [4.69, 9.17) is 61.9 Å². The van der Waals surface area contributed by atoms with Crippen LogP contribution in [0.3, 0.4) is 0 Å². The van der Waals surface area contributed by atoms with Crippen molar-refractivity contribution in [2.75, 3.05) is 171 Å². The van der Waals surface area contributed by atoms with Crippen LogP contribution in [-0.2, 0) is 66.4 Å². The Morgan fingerprint density at radius 3 is 1.28 bits per heavy atom. The van der Waals surface area contributed by atoms with E-state index in [0.717, 1.165) is 25.0 Å². The molecule has 0 spiro atoms. The number of unbranched alkanes of at least 4 members (excludes halogenated alkanes) is 1. The van der Waals surface area contributed by atoms with E-state index in [0.29, 0.717) is 170 Å². The zero-order valence-corrected chi connectivity index (χ0v) is 34.4. The first-order chi connectivity index (χ1) is 28.1. The van der Waals surface area contributed by atoms with Gasteiger partial charge in [-0.3, -0.25) is 9.59 Å². The van der Waals surface area contributed by atoms with Crippen LogP contribution in [-0.4, -0.2) is 211 Å². The number of urea groups is 1. The van der Waals surface area contributed by atoms with Crippen molar-refractivity contribution < 1.29 is 76.3 Å². The van der Waals surface area contributed by atoms with E-state index in [-0.39, 0.29) is 37.0 Å². The van der Waals surface area contributed by atoms with Gasteiger partial charge in [0, 0.05) is 24.0 Å². The summed E-state index contributed by atoms with van der Waals surface area (Å²) in [5, 5.41) is 17.8. The molecule has 334 valence electrons. The predicted octanol–water partition coefficient (Wildman–Crippen LogP) is 0.502. The van der Waals surface area contributed by atoms with Gasteiger partial charge in [0.1, 0.15) is 0 Å². The normalized spacial score (nSPS) is 17.5. The summed E-state index contributed by atoms with van der Waals surface area (Å²) in [6.07, 6.45) is 3.31. The molecule has 0 aromatic carbocycles. The number of thioether (sulfide) groups is 1. The molecule has 2 saturated heterocycles. The summed E-state index contributed by atoms with van der Waals surface area (Å²) < 4.78 is 65.2. The van der Waals surface area contributed by atoms with Crippen molar-refractivity contribution >= 4 is 29.7 Å². The maximum absolute atomic E-state index is 12.0. The van der Waals surface area contributed by atoms with Crippen molar-refractivity contribution in [3.8, 4) is 0 Å². The molecule has 19 nitrogen and oxygen atoms in total. The zero-order chi connectivity index (χ0) is 40.7. The van der Waals surface area contributed by atoms with Gasteiger partial charge in [0.05, 0.1) is 177 Å². The van der Waals surface area contributed by atoms with Crippen molar-refractivity contribution in [1.82, 2.24) is 16.0 Å². The molecule has 3 amide bonds. The number of rotatable bonds is 44. The van der Waals surface area contributed by atoms with Crippen LogP contribution < -0.4 is 16.0 Å². The van der Waals surface area contributed by atoms with Gasteiger partial charge in [0.15, 0.2) is 0 Å². The fourth-order valence-electron chi connectivity index (χ4n) is 5.31. The number of aliphatic carboxylic acids is 1.